The lowest BCUT2D eigenvalue weighted by atomic mass is 10.2. The van der Waals surface area contributed by atoms with Gasteiger partial charge in [0.05, 0.1) is 11.8 Å². The highest BCUT2D eigenvalue weighted by atomic mass is 16.5. The fraction of sp³-hybridized carbons (Fsp3) is 0.722. The third kappa shape index (κ3) is 4.24. The SMILES string of the molecule is CC1CCC(C(=O)N2CCC(N(C)Cc3cc(=O)[nH]c(N(C)C)n3)C2)O1. The molecule has 3 heterocycles. The van der Waals surface area contributed by atoms with E-state index < -0.39 is 0 Å². The van der Waals surface area contributed by atoms with E-state index in [0.29, 0.717) is 19.0 Å². The van der Waals surface area contributed by atoms with Crippen LogP contribution in [0.4, 0.5) is 5.95 Å². The number of carbonyl (C=O) groups excluding carboxylic acids is 1. The van der Waals surface area contributed by atoms with Gasteiger partial charge in [-0.15, -0.1) is 0 Å². The Bertz CT molecular complexity index is 704. The summed E-state index contributed by atoms with van der Waals surface area (Å²) in [7, 11) is 5.71. The van der Waals surface area contributed by atoms with Crippen molar-refractivity contribution >= 4 is 11.9 Å². The molecule has 2 fully saturated rings. The number of carbonyl (C=O) groups is 1. The Morgan fingerprint density at radius 1 is 1.35 bits per heavy atom. The Morgan fingerprint density at radius 2 is 2.12 bits per heavy atom. The van der Waals surface area contributed by atoms with Gasteiger partial charge in [-0.05, 0) is 33.2 Å². The zero-order valence-electron chi connectivity index (χ0n) is 16.1. The predicted octanol–water partition coefficient (Wildman–Crippen LogP) is 0.436. The molecule has 0 spiro atoms. The molecule has 0 aliphatic carbocycles. The van der Waals surface area contributed by atoms with Crippen molar-refractivity contribution in [3.05, 3.63) is 22.1 Å². The Hall–Kier alpha value is -1.93. The standard InChI is InChI=1S/C18H29N5O3/c1-12-5-6-15(26-12)17(25)23-8-7-14(11-23)22(4)10-13-9-16(24)20-18(19-13)21(2)3/h9,12,14-15H,5-8,10-11H2,1-4H3,(H,19,20,24). The number of amides is 1. The van der Waals surface area contributed by atoms with Gasteiger partial charge in [0.25, 0.3) is 11.5 Å². The summed E-state index contributed by atoms with van der Waals surface area (Å²) in [4.78, 5) is 37.5. The van der Waals surface area contributed by atoms with Gasteiger partial charge in [-0.1, -0.05) is 0 Å². The number of nitrogens with zero attached hydrogens (tertiary/aromatic N) is 4. The molecule has 3 atom stereocenters. The number of hydrogen-bond donors (Lipinski definition) is 1. The van der Waals surface area contributed by atoms with Crippen LogP contribution < -0.4 is 10.5 Å². The van der Waals surface area contributed by atoms with Crippen LogP contribution >= 0.6 is 0 Å². The summed E-state index contributed by atoms with van der Waals surface area (Å²) in [6, 6.07) is 1.80. The highest BCUT2D eigenvalue weighted by molar-refractivity contribution is 5.81. The third-order valence-corrected chi connectivity index (χ3v) is 5.22. The second kappa shape index (κ2) is 7.75. The fourth-order valence-corrected chi connectivity index (χ4v) is 3.66. The molecular weight excluding hydrogens is 334 g/mol. The number of hydrogen-bond acceptors (Lipinski definition) is 6. The lowest BCUT2D eigenvalue weighted by molar-refractivity contribution is -0.141. The van der Waals surface area contributed by atoms with Crippen LogP contribution in [0.25, 0.3) is 0 Å². The van der Waals surface area contributed by atoms with Crippen molar-refractivity contribution in [1.29, 1.82) is 0 Å². The molecule has 3 rings (SSSR count). The van der Waals surface area contributed by atoms with Crippen LogP contribution in [0.2, 0.25) is 0 Å². The molecule has 8 heteroatoms. The molecule has 144 valence electrons. The topological polar surface area (TPSA) is 81.8 Å². The number of aromatic nitrogens is 2. The van der Waals surface area contributed by atoms with E-state index in [4.69, 9.17) is 4.74 Å². The molecule has 1 aromatic rings. The predicted molar refractivity (Wildman–Crippen MR) is 99.2 cm³/mol. The zero-order chi connectivity index (χ0) is 18.8. The Labute approximate surface area is 154 Å². The molecular formula is C18H29N5O3. The van der Waals surface area contributed by atoms with E-state index in [-0.39, 0.29) is 29.7 Å². The minimum Gasteiger partial charge on any atom is -0.365 e. The van der Waals surface area contributed by atoms with Crippen molar-refractivity contribution in [3.8, 4) is 0 Å². The molecule has 0 aromatic carbocycles. The summed E-state index contributed by atoms with van der Waals surface area (Å²) in [5, 5.41) is 0. The number of anilines is 1. The molecule has 1 N–H and O–H groups in total. The maximum atomic E-state index is 12.6. The molecule has 2 aliphatic rings. The Kier molecular flexibility index (Phi) is 5.62. The van der Waals surface area contributed by atoms with Crippen molar-refractivity contribution < 1.29 is 9.53 Å². The highest BCUT2D eigenvalue weighted by Crippen LogP contribution is 2.24. The maximum absolute atomic E-state index is 12.6. The van der Waals surface area contributed by atoms with Crippen LogP contribution in [-0.2, 0) is 16.1 Å². The summed E-state index contributed by atoms with van der Waals surface area (Å²) in [5.41, 5.74) is 0.584. The third-order valence-electron chi connectivity index (χ3n) is 5.22. The van der Waals surface area contributed by atoms with Gasteiger partial charge in [-0.3, -0.25) is 19.5 Å². The first-order chi connectivity index (χ1) is 12.3. The number of rotatable bonds is 5. The second-order valence-electron chi connectivity index (χ2n) is 7.61. The first-order valence-electron chi connectivity index (χ1n) is 9.25. The van der Waals surface area contributed by atoms with Gasteiger partial charge in [-0.2, -0.15) is 0 Å². The monoisotopic (exact) mass is 363 g/mol. The zero-order valence-corrected chi connectivity index (χ0v) is 16.1. The largest absolute Gasteiger partial charge is 0.365 e. The van der Waals surface area contributed by atoms with Gasteiger partial charge in [0.2, 0.25) is 5.95 Å². The molecule has 1 amide bonds. The lowest BCUT2D eigenvalue weighted by Crippen LogP contribution is -2.40. The number of likely N-dealkylation sites (tertiary alicyclic amines) is 1. The molecule has 3 unspecified atom stereocenters. The molecule has 26 heavy (non-hydrogen) atoms. The Balaban J connectivity index is 1.59. The van der Waals surface area contributed by atoms with E-state index in [0.717, 1.165) is 31.5 Å². The smallest absolute Gasteiger partial charge is 0.252 e. The van der Waals surface area contributed by atoms with Crippen LogP contribution in [-0.4, -0.2) is 78.2 Å². The molecule has 1 aromatic heterocycles. The summed E-state index contributed by atoms with van der Waals surface area (Å²) < 4.78 is 5.72. The summed E-state index contributed by atoms with van der Waals surface area (Å²) in [6.07, 6.45) is 2.61. The summed E-state index contributed by atoms with van der Waals surface area (Å²) in [5.74, 6) is 0.672. The van der Waals surface area contributed by atoms with Gasteiger partial charge < -0.3 is 14.5 Å². The van der Waals surface area contributed by atoms with E-state index in [1.165, 1.54) is 6.07 Å². The maximum Gasteiger partial charge on any atom is 0.252 e. The van der Waals surface area contributed by atoms with E-state index in [9.17, 15) is 9.59 Å². The average molecular weight is 363 g/mol. The van der Waals surface area contributed by atoms with Crippen LogP contribution in [0, 0.1) is 0 Å². The van der Waals surface area contributed by atoms with Gasteiger partial charge in [0.1, 0.15) is 6.10 Å². The van der Waals surface area contributed by atoms with Crippen molar-refractivity contribution in [2.24, 2.45) is 0 Å². The van der Waals surface area contributed by atoms with Crippen LogP contribution in [0.5, 0.6) is 0 Å². The minimum atomic E-state index is -0.272. The number of ether oxygens (including phenoxy) is 1. The van der Waals surface area contributed by atoms with Crippen LogP contribution in [0.3, 0.4) is 0 Å². The normalized spacial score (nSPS) is 25.9. The molecule has 2 aliphatic heterocycles. The number of H-pyrrole nitrogens is 1. The summed E-state index contributed by atoms with van der Waals surface area (Å²) >= 11 is 0. The first kappa shape index (κ1) is 18.8. The molecule has 0 saturated carbocycles. The number of likely N-dealkylation sites (N-methyl/N-ethyl adjacent to an activating group) is 1. The van der Waals surface area contributed by atoms with E-state index in [1.807, 2.05) is 33.0 Å². The van der Waals surface area contributed by atoms with Gasteiger partial charge in [-0.25, -0.2) is 4.98 Å². The van der Waals surface area contributed by atoms with Crippen molar-refractivity contribution in [2.45, 2.75) is 51.0 Å². The van der Waals surface area contributed by atoms with Crippen molar-refractivity contribution in [1.82, 2.24) is 19.8 Å². The quantitative estimate of drug-likeness (QED) is 0.817. The van der Waals surface area contributed by atoms with Gasteiger partial charge in [0.15, 0.2) is 0 Å². The molecule has 0 bridgehead atoms. The van der Waals surface area contributed by atoms with E-state index >= 15 is 0 Å². The molecule has 2 saturated heterocycles. The fourth-order valence-electron chi connectivity index (χ4n) is 3.66. The molecule has 8 nitrogen and oxygen atoms in total. The minimum absolute atomic E-state index is 0.120. The van der Waals surface area contributed by atoms with Crippen molar-refractivity contribution in [3.63, 3.8) is 0 Å². The Morgan fingerprint density at radius 3 is 2.77 bits per heavy atom. The lowest BCUT2D eigenvalue weighted by Gasteiger charge is -2.25. The van der Waals surface area contributed by atoms with Crippen LogP contribution in [0.15, 0.2) is 10.9 Å². The second-order valence-corrected chi connectivity index (χ2v) is 7.61. The van der Waals surface area contributed by atoms with E-state index in [2.05, 4.69) is 14.9 Å². The summed E-state index contributed by atoms with van der Waals surface area (Å²) in [6.45, 7) is 4.06. The van der Waals surface area contributed by atoms with Gasteiger partial charge >= 0.3 is 0 Å². The van der Waals surface area contributed by atoms with E-state index in [1.54, 1.807) is 4.90 Å². The highest BCUT2D eigenvalue weighted by Gasteiger charge is 2.36. The first-order valence-corrected chi connectivity index (χ1v) is 9.25. The van der Waals surface area contributed by atoms with Gasteiger partial charge in [0, 0.05) is 45.8 Å². The van der Waals surface area contributed by atoms with Crippen molar-refractivity contribution in [2.75, 3.05) is 39.1 Å². The number of nitrogens with one attached hydrogen (secondary N) is 1. The number of aromatic amines is 1. The molecule has 0 radical (unpaired) electrons. The average Bonchev–Trinajstić information content (AvgIpc) is 3.22. The van der Waals surface area contributed by atoms with Crippen LogP contribution in [0.1, 0.15) is 31.9 Å².